The maximum absolute atomic E-state index is 10.6. The minimum absolute atomic E-state index is 0.247. The average molecular weight is 239 g/mol. The van der Waals surface area contributed by atoms with E-state index >= 15 is 0 Å². The second-order valence-corrected chi connectivity index (χ2v) is 4.42. The van der Waals surface area contributed by atoms with Crippen molar-refractivity contribution in [1.29, 1.82) is 0 Å². The molecule has 1 aromatic rings. The Morgan fingerprint density at radius 2 is 2.47 bits per heavy atom. The van der Waals surface area contributed by atoms with Crippen molar-refractivity contribution in [2.24, 2.45) is 5.92 Å². The summed E-state index contributed by atoms with van der Waals surface area (Å²) in [7, 11) is 0. The second-order valence-electron chi connectivity index (χ2n) is 4.42. The smallest absolute Gasteiger partial charge is 0.377 e. The molecule has 0 aliphatic carbocycles. The highest BCUT2D eigenvalue weighted by Crippen LogP contribution is 2.19. The highest BCUT2D eigenvalue weighted by Gasteiger charge is 2.22. The number of carboxylic acid groups (broad SMARTS) is 1. The molecule has 2 heterocycles. The van der Waals surface area contributed by atoms with Crippen molar-refractivity contribution in [3.8, 4) is 0 Å². The first-order valence-electron chi connectivity index (χ1n) is 5.97. The summed E-state index contributed by atoms with van der Waals surface area (Å²) >= 11 is 0. The van der Waals surface area contributed by atoms with E-state index in [2.05, 4.69) is 22.0 Å². The number of rotatable bonds is 4. The molecule has 6 heteroatoms. The summed E-state index contributed by atoms with van der Waals surface area (Å²) in [6, 6.07) is 0. The number of aromatic carboxylic acids is 1. The van der Waals surface area contributed by atoms with Gasteiger partial charge in [0.25, 0.3) is 5.82 Å². The molecule has 0 radical (unpaired) electrons. The zero-order valence-corrected chi connectivity index (χ0v) is 9.93. The standard InChI is InChI=1S/C11H17N3O3/c1-2-14-5-3-4-8(7-14)6-9-12-10(11(15)16)13-17-9/h8H,2-7H2,1H3,(H,15,16). The largest absolute Gasteiger partial charge is 0.475 e. The van der Waals surface area contributed by atoms with E-state index in [1.165, 1.54) is 6.42 Å². The molecule has 2 rings (SSSR count). The van der Waals surface area contributed by atoms with Gasteiger partial charge < -0.3 is 14.5 Å². The maximum atomic E-state index is 10.6. The minimum atomic E-state index is -1.14. The van der Waals surface area contributed by atoms with Crippen LogP contribution in [0.15, 0.2) is 4.52 Å². The fourth-order valence-corrected chi connectivity index (χ4v) is 2.28. The Labute approximate surface area is 99.6 Å². The second kappa shape index (κ2) is 5.27. The SMILES string of the molecule is CCN1CCCC(Cc2nc(C(=O)O)no2)C1. The molecule has 1 atom stereocenters. The van der Waals surface area contributed by atoms with Crippen molar-refractivity contribution in [3.05, 3.63) is 11.7 Å². The van der Waals surface area contributed by atoms with Gasteiger partial charge >= 0.3 is 5.97 Å². The van der Waals surface area contributed by atoms with E-state index in [1.54, 1.807) is 0 Å². The van der Waals surface area contributed by atoms with Crippen LogP contribution in [-0.2, 0) is 6.42 Å². The molecule has 1 saturated heterocycles. The lowest BCUT2D eigenvalue weighted by molar-refractivity contribution is 0.0680. The van der Waals surface area contributed by atoms with Crippen LogP contribution in [0, 0.1) is 5.92 Å². The Balaban J connectivity index is 1.93. The number of hydrogen-bond donors (Lipinski definition) is 1. The van der Waals surface area contributed by atoms with Crippen molar-refractivity contribution in [2.45, 2.75) is 26.2 Å². The molecular formula is C11H17N3O3. The molecule has 0 bridgehead atoms. The Kier molecular flexibility index (Phi) is 3.73. The lowest BCUT2D eigenvalue weighted by Gasteiger charge is -2.30. The first-order valence-corrected chi connectivity index (χ1v) is 5.97. The van der Waals surface area contributed by atoms with Gasteiger partial charge in [0.05, 0.1) is 0 Å². The Morgan fingerprint density at radius 3 is 3.12 bits per heavy atom. The molecule has 1 aliphatic heterocycles. The molecular weight excluding hydrogens is 222 g/mol. The first kappa shape index (κ1) is 12.0. The lowest BCUT2D eigenvalue weighted by atomic mass is 9.95. The third-order valence-corrected chi connectivity index (χ3v) is 3.17. The molecule has 0 aromatic carbocycles. The zero-order valence-electron chi connectivity index (χ0n) is 9.93. The molecule has 17 heavy (non-hydrogen) atoms. The van der Waals surface area contributed by atoms with Gasteiger partial charge in [0.2, 0.25) is 5.89 Å². The Hall–Kier alpha value is -1.43. The topological polar surface area (TPSA) is 79.5 Å². The number of piperidine rings is 1. The van der Waals surface area contributed by atoms with Gasteiger partial charge in [-0.1, -0.05) is 6.92 Å². The van der Waals surface area contributed by atoms with E-state index in [-0.39, 0.29) is 5.82 Å². The van der Waals surface area contributed by atoms with Crippen LogP contribution in [0.2, 0.25) is 0 Å². The van der Waals surface area contributed by atoms with Crippen LogP contribution in [0.3, 0.4) is 0 Å². The molecule has 94 valence electrons. The van der Waals surface area contributed by atoms with Crippen LogP contribution in [0.25, 0.3) is 0 Å². The quantitative estimate of drug-likeness (QED) is 0.845. The Bertz CT molecular complexity index is 391. The normalized spacial score (nSPS) is 21.6. The van der Waals surface area contributed by atoms with Gasteiger partial charge in [0, 0.05) is 13.0 Å². The average Bonchev–Trinajstić information content (AvgIpc) is 2.78. The van der Waals surface area contributed by atoms with Crippen molar-refractivity contribution >= 4 is 5.97 Å². The zero-order chi connectivity index (χ0) is 12.3. The molecule has 1 aliphatic rings. The van der Waals surface area contributed by atoms with Gasteiger partial charge in [-0.2, -0.15) is 4.98 Å². The number of hydrogen-bond acceptors (Lipinski definition) is 5. The van der Waals surface area contributed by atoms with Crippen molar-refractivity contribution in [2.75, 3.05) is 19.6 Å². The summed E-state index contributed by atoms with van der Waals surface area (Å²) in [5, 5.41) is 12.1. The van der Waals surface area contributed by atoms with E-state index < -0.39 is 5.97 Å². The van der Waals surface area contributed by atoms with Gasteiger partial charge in [-0.15, -0.1) is 0 Å². The predicted octanol–water partition coefficient (Wildman–Crippen LogP) is 1.04. The summed E-state index contributed by atoms with van der Waals surface area (Å²) in [6.07, 6.45) is 3.00. The summed E-state index contributed by atoms with van der Waals surface area (Å²) < 4.78 is 4.94. The lowest BCUT2D eigenvalue weighted by Crippen LogP contribution is -2.35. The molecule has 6 nitrogen and oxygen atoms in total. The third-order valence-electron chi connectivity index (χ3n) is 3.17. The van der Waals surface area contributed by atoms with Gasteiger partial charge in [-0.05, 0) is 37.0 Å². The van der Waals surface area contributed by atoms with E-state index in [0.717, 1.165) is 26.1 Å². The van der Waals surface area contributed by atoms with Gasteiger partial charge in [0.15, 0.2) is 0 Å². The fourth-order valence-electron chi connectivity index (χ4n) is 2.28. The van der Waals surface area contributed by atoms with Crippen molar-refractivity contribution < 1.29 is 14.4 Å². The van der Waals surface area contributed by atoms with Crippen LogP contribution >= 0.6 is 0 Å². The monoisotopic (exact) mass is 239 g/mol. The third kappa shape index (κ3) is 3.03. The molecule has 1 aromatic heterocycles. The summed E-state index contributed by atoms with van der Waals surface area (Å²) in [4.78, 5) is 16.9. The van der Waals surface area contributed by atoms with Crippen molar-refractivity contribution in [1.82, 2.24) is 15.0 Å². The molecule has 1 N–H and O–H groups in total. The molecule has 0 spiro atoms. The number of aromatic nitrogens is 2. The van der Waals surface area contributed by atoms with Crippen LogP contribution in [0.5, 0.6) is 0 Å². The summed E-state index contributed by atoms with van der Waals surface area (Å²) in [6.45, 7) is 5.39. The highest BCUT2D eigenvalue weighted by atomic mass is 16.5. The maximum Gasteiger partial charge on any atom is 0.377 e. The molecule has 0 amide bonds. The van der Waals surface area contributed by atoms with Crippen LogP contribution in [-0.4, -0.2) is 45.8 Å². The van der Waals surface area contributed by atoms with Gasteiger partial charge in [-0.3, -0.25) is 0 Å². The number of carboxylic acids is 1. The van der Waals surface area contributed by atoms with E-state index in [1.807, 2.05) is 0 Å². The molecule has 1 fully saturated rings. The number of likely N-dealkylation sites (tertiary alicyclic amines) is 1. The van der Waals surface area contributed by atoms with Gasteiger partial charge in [0.1, 0.15) is 0 Å². The van der Waals surface area contributed by atoms with Gasteiger partial charge in [-0.25, -0.2) is 4.79 Å². The molecule has 0 saturated carbocycles. The number of carbonyl (C=O) groups is 1. The fraction of sp³-hybridized carbons (Fsp3) is 0.727. The summed E-state index contributed by atoms with van der Waals surface area (Å²) in [5.74, 6) is -0.460. The molecule has 1 unspecified atom stereocenters. The van der Waals surface area contributed by atoms with E-state index in [4.69, 9.17) is 9.63 Å². The Morgan fingerprint density at radius 1 is 1.65 bits per heavy atom. The number of nitrogens with zero attached hydrogens (tertiary/aromatic N) is 3. The predicted molar refractivity (Wildman–Crippen MR) is 59.8 cm³/mol. The van der Waals surface area contributed by atoms with Crippen LogP contribution < -0.4 is 0 Å². The first-order chi connectivity index (χ1) is 8.19. The van der Waals surface area contributed by atoms with Crippen LogP contribution in [0.1, 0.15) is 36.3 Å². The van der Waals surface area contributed by atoms with E-state index in [0.29, 0.717) is 18.2 Å². The highest BCUT2D eigenvalue weighted by molar-refractivity contribution is 5.82. The van der Waals surface area contributed by atoms with Crippen LogP contribution in [0.4, 0.5) is 0 Å². The summed E-state index contributed by atoms with van der Waals surface area (Å²) in [5.41, 5.74) is 0. The minimum Gasteiger partial charge on any atom is -0.475 e. The van der Waals surface area contributed by atoms with E-state index in [9.17, 15) is 4.79 Å². The van der Waals surface area contributed by atoms with Crippen molar-refractivity contribution in [3.63, 3.8) is 0 Å².